The van der Waals surface area contributed by atoms with Crippen molar-refractivity contribution in [3.8, 4) is 0 Å². The van der Waals surface area contributed by atoms with Crippen molar-refractivity contribution in [1.29, 1.82) is 0 Å². The van der Waals surface area contributed by atoms with Gasteiger partial charge in [0.05, 0.1) is 0 Å². The topological polar surface area (TPSA) is 47.8 Å². The van der Waals surface area contributed by atoms with Gasteiger partial charge in [-0.25, -0.2) is 4.68 Å². The number of hydrogen-bond acceptors (Lipinski definition) is 4. The van der Waals surface area contributed by atoms with Crippen molar-refractivity contribution >= 4 is 17.3 Å². The van der Waals surface area contributed by atoms with E-state index in [-0.39, 0.29) is 11.6 Å². The first-order chi connectivity index (χ1) is 9.49. The molecule has 110 valence electrons. The summed E-state index contributed by atoms with van der Waals surface area (Å²) < 4.78 is 1.89. The average Bonchev–Trinajstić information content (AvgIpc) is 2.38. The summed E-state index contributed by atoms with van der Waals surface area (Å²) in [4.78, 5) is 16.5. The summed E-state index contributed by atoms with van der Waals surface area (Å²) >= 11 is 1.59. The van der Waals surface area contributed by atoms with E-state index in [1.54, 1.807) is 11.8 Å². The lowest BCUT2D eigenvalue weighted by Crippen LogP contribution is -2.24. The Hall–Kier alpha value is -1.10. The third-order valence-electron chi connectivity index (χ3n) is 3.23. The monoisotopic (exact) mass is 293 g/mol. The molecule has 0 atom stereocenters. The molecule has 1 aromatic heterocycles. The number of hydrogen-bond donors (Lipinski definition) is 0. The summed E-state index contributed by atoms with van der Waals surface area (Å²) in [5.41, 5.74) is 1.44. The fraction of sp³-hybridized carbons (Fsp3) is 0.667. The Morgan fingerprint density at radius 3 is 2.55 bits per heavy atom. The quantitative estimate of drug-likeness (QED) is 0.795. The van der Waals surface area contributed by atoms with Gasteiger partial charge in [-0.2, -0.15) is 10.1 Å². The van der Waals surface area contributed by atoms with Crippen LogP contribution < -0.4 is 5.56 Å². The van der Waals surface area contributed by atoms with Crippen molar-refractivity contribution in [3.63, 3.8) is 0 Å². The Morgan fingerprint density at radius 1 is 1.25 bits per heavy atom. The highest BCUT2D eigenvalue weighted by Gasteiger charge is 2.17. The molecule has 1 aliphatic carbocycles. The minimum Gasteiger partial charge on any atom is -0.265 e. The standard InChI is InChI=1S/C15H23N3OS/c1-10(2)18-15(20-11(3)4)16-14(19)13(17-18)12-8-6-5-7-9-12/h8,10-11H,5-7,9H2,1-4H3. The molecule has 5 heteroatoms. The van der Waals surface area contributed by atoms with Gasteiger partial charge >= 0.3 is 0 Å². The van der Waals surface area contributed by atoms with Gasteiger partial charge in [-0.15, -0.1) is 0 Å². The van der Waals surface area contributed by atoms with Crippen LogP contribution in [0.1, 0.15) is 65.1 Å². The average molecular weight is 293 g/mol. The Labute approximate surface area is 124 Å². The second-order valence-corrected chi connectivity index (χ2v) is 7.27. The highest BCUT2D eigenvalue weighted by molar-refractivity contribution is 7.99. The fourth-order valence-electron chi connectivity index (χ4n) is 2.27. The van der Waals surface area contributed by atoms with Crippen molar-refractivity contribution in [3.05, 3.63) is 22.1 Å². The maximum Gasteiger partial charge on any atom is 0.300 e. The van der Waals surface area contributed by atoms with E-state index in [0.717, 1.165) is 30.0 Å². The smallest absolute Gasteiger partial charge is 0.265 e. The lowest BCUT2D eigenvalue weighted by molar-refractivity contribution is 0.448. The van der Waals surface area contributed by atoms with Gasteiger partial charge in [0.2, 0.25) is 0 Å². The molecule has 4 nitrogen and oxygen atoms in total. The van der Waals surface area contributed by atoms with E-state index in [4.69, 9.17) is 0 Å². The minimum atomic E-state index is -0.182. The zero-order valence-electron chi connectivity index (χ0n) is 12.7. The molecule has 0 radical (unpaired) electrons. The summed E-state index contributed by atoms with van der Waals surface area (Å²) in [7, 11) is 0. The highest BCUT2D eigenvalue weighted by atomic mass is 32.2. The maximum absolute atomic E-state index is 12.3. The summed E-state index contributed by atoms with van der Waals surface area (Å²) in [6, 6.07) is 0.201. The van der Waals surface area contributed by atoms with Crippen LogP contribution in [0.4, 0.5) is 0 Å². The largest absolute Gasteiger partial charge is 0.300 e. The maximum atomic E-state index is 12.3. The molecule has 20 heavy (non-hydrogen) atoms. The predicted molar refractivity (Wildman–Crippen MR) is 84.1 cm³/mol. The number of nitrogens with zero attached hydrogens (tertiary/aromatic N) is 3. The molecule has 0 saturated heterocycles. The fourth-order valence-corrected chi connectivity index (χ4v) is 3.18. The molecule has 1 aromatic rings. The lowest BCUT2D eigenvalue weighted by Gasteiger charge is -2.18. The minimum absolute atomic E-state index is 0.182. The zero-order valence-corrected chi connectivity index (χ0v) is 13.5. The third-order valence-corrected chi connectivity index (χ3v) is 4.19. The second kappa shape index (κ2) is 6.57. The normalized spacial score (nSPS) is 15.8. The molecule has 0 aliphatic heterocycles. The van der Waals surface area contributed by atoms with E-state index in [1.165, 1.54) is 6.42 Å². The number of thioether (sulfide) groups is 1. The molecule has 1 heterocycles. The Balaban J connectivity index is 2.47. The van der Waals surface area contributed by atoms with E-state index in [0.29, 0.717) is 10.9 Å². The molecular formula is C15H23N3OS. The predicted octanol–water partition coefficient (Wildman–Crippen LogP) is 3.68. The van der Waals surface area contributed by atoms with Crippen LogP contribution in [-0.2, 0) is 0 Å². The van der Waals surface area contributed by atoms with E-state index in [1.807, 2.05) is 4.68 Å². The van der Waals surface area contributed by atoms with E-state index < -0.39 is 0 Å². The molecule has 0 N–H and O–H groups in total. The van der Waals surface area contributed by atoms with Crippen molar-refractivity contribution in [1.82, 2.24) is 14.8 Å². The van der Waals surface area contributed by atoms with Gasteiger partial charge in [0.25, 0.3) is 5.56 Å². The molecule has 0 amide bonds. The summed E-state index contributed by atoms with van der Waals surface area (Å²) in [6.07, 6.45) is 6.47. The van der Waals surface area contributed by atoms with Crippen LogP contribution in [0.3, 0.4) is 0 Å². The first-order valence-corrected chi connectivity index (χ1v) is 8.24. The van der Waals surface area contributed by atoms with Gasteiger partial charge in [0.1, 0.15) is 0 Å². The number of allylic oxidation sites excluding steroid dienone is 2. The van der Waals surface area contributed by atoms with Crippen LogP contribution in [0, 0.1) is 0 Å². The molecule has 0 spiro atoms. The highest BCUT2D eigenvalue weighted by Crippen LogP contribution is 2.26. The third kappa shape index (κ3) is 3.51. The van der Waals surface area contributed by atoms with Gasteiger partial charge in [-0.1, -0.05) is 31.7 Å². The lowest BCUT2D eigenvalue weighted by atomic mass is 9.97. The van der Waals surface area contributed by atoms with Gasteiger partial charge in [-0.05, 0) is 45.1 Å². The molecule has 0 bridgehead atoms. The van der Waals surface area contributed by atoms with Crippen molar-refractivity contribution < 1.29 is 0 Å². The van der Waals surface area contributed by atoms with Crippen LogP contribution in [0.2, 0.25) is 0 Å². The first kappa shape index (κ1) is 15.3. The van der Waals surface area contributed by atoms with Gasteiger partial charge < -0.3 is 0 Å². The van der Waals surface area contributed by atoms with Crippen LogP contribution >= 0.6 is 11.8 Å². The van der Waals surface area contributed by atoms with Crippen molar-refractivity contribution in [2.75, 3.05) is 0 Å². The Bertz CT molecular complexity index is 561. The van der Waals surface area contributed by atoms with Crippen LogP contribution in [-0.4, -0.2) is 20.0 Å². The Kier molecular flexibility index (Phi) is 5.02. The zero-order chi connectivity index (χ0) is 14.7. The summed E-state index contributed by atoms with van der Waals surface area (Å²) in [5, 5.41) is 5.71. The molecule has 0 fully saturated rings. The van der Waals surface area contributed by atoms with Gasteiger partial charge in [-0.3, -0.25) is 4.79 Å². The molecular weight excluding hydrogens is 270 g/mol. The van der Waals surface area contributed by atoms with Crippen LogP contribution in [0.15, 0.2) is 16.0 Å². The molecule has 0 unspecified atom stereocenters. The molecule has 0 saturated carbocycles. The van der Waals surface area contributed by atoms with Crippen molar-refractivity contribution in [2.24, 2.45) is 0 Å². The Morgan fingerprint density at radius 2 is 2.00 bits per heavy atom. The second-order valence-electron chi connectivity index (χ2n) is 5.73. The van der Waals surface area contributed by atoms with Gasteiger partial charge in [0.15, 0.2) is 10.9 Å². The van der Waals surface area contributed by atoms with E-state index >= 15 is 0 Å². The van der Waals surface area contributed by atoms with Gasteiger partial charge in [0, 0.05) is 11.3 Å². The van der Waals surface area contributed by atoms with E-state index in [2.05, 4.69) is 43.9 Å². The number of rotatable bonds is 4. The number of aromatic nitrogens is 3. The molecule has 0 aromatic carbocycles. The summed E-state index contributed by atoms with van der Waals surface area (Å²) in [5.74, 6) is 0. The van der Waals surface area contributed by atoms with Crippen LogP contribution in [0.5, 0.6) is 0 Å². The first-order valence-electron chi connectivity index (χ1n) is 7.36. The molecule has 2 rings (SSSR count). The molecule has 1 aliphatic rings. The van der Waals surface area contributed by atoms with Crippen LogP contribution in [0.25, 0.3) is 5.57 Å². The van der Waals surface area contributed by atoms with E-state index in [9.17, 15) is 4.79 Å². The SMILES string of the molecule is CC(C)Sc1nc(=O)c(C2=CCCCC2)nn1C(C)C. The summed E-state index contributed by atoms with van der Waals surface area (Å²) in [6.45, 7) is 8.34. The van der Waals surface area contributed by atoms with Crippen molar-refractivity contribution in [2.45, 2.75) is 69.8 Å².